The van der Waals surface area contributed by atoms with Crippen molar-refractivity contribution in [2.75, 3.05) is 12.4 Å². The summed E-state index contributed by atoms with van der Waals surface area (Å²) in [6.07, 6.45) is 2.50. The summed E-state index contributed by atoms with van der Waals surface area (Å²) in [5.41, 5.74) is 2.18. The van der Waals surface area contributed by atoms with Gasteiger partial charge in [-0.1, -0.05) is 17.8 Å². The van der Waals surface area contributed by atoms with Crippen molar-refractivity contribution < 1.29 is 9.53 Å². The Hall–Kier alpha value is -1.31. The minimum Gasteiger partial charge on any atom is -0.376 e. The van der Waals surface area contributed by atoms with Crippen LogP contribution in [-0.2, 0) is 22.6 Å². The Morgan fingerprint density at radius 3 is 3.12 bits per heavy atom. The van der Waals surface area contributed by atoms with Gasteiger partial charge in [-0.2, -0.15) is 0 Å². The molecule has 3 heterocycles. The molecule has 7 heteroatoms. The zero-order valence-electron chi connectivity index (χ0n) is 14.1. The highest BCUT2D eigenvalue weighted by molar-refractivity contribution is 7.99. The van der Waals surface area contributed by atoms with Crippen LogP contribution >= 0.6 is 23.1 Å². The summed E-state index contributed by atoms with van der Waals surface area (Å²) in [5.74, 6) is 0.419. The van der Waals surface area contributed by atoms with Gasteiger partial charge in [0.05, 0.1) is 30.6 Å². The van der Waals surface area contributed by atoms with Gasteiger partial charge in [-0.15, -0.1) is 11.3 Å². The minimum absolute atomic E-state index is 0.0374. The van der Waals surface area contributed by atoms with Crippen LogP contribution in [0.5, 0.6) is 0 Å². The lowest BCUT2D eigenvalue weighted by atomic mass is 10.2. The molecule has 0 saturated carbocycles. The summed E-state index contributed by atoms with van der Waals surface area (Å²) < 4.78 is 7.94. The standard InChI is InChI=1S/C17H23N3O2S2/c1-12-13(2)20(10-14-5-3-7-22-14)17(19-12)24-11-16(21)18-9-15-6-4-8-23-15/h4,6,8,14H,3,5,7,9-11H2,1-2H3,(H,18,21). The minimum atomic E-state index is 0.0374. The predicted molar refractivity (Wildman–Crippen MR) is 97.6 cm³/mol. The van der Waals surface area contributed by atoms with E-state index in [-0.39, 0.29) is 12.0 Å². The van der Waals surface area contributed by atoms with Gasteiger partial charge in [0.2, 0.25) is 5.91 Å². The highest BCUT2D eigenvalue weighted by Gasteiger charge is 2.20. The quantitative estimate of drug-likeness (QED) is 0.766. The van der Waals surface area contributed by atoms with E-state index in [0.717, 1.165) is 42.5 Å². The van der Waals surface area contributed by atoms with E-state index < -0.39 is 0 Å². The zero-order chi connectivity index (χ0) is 16.9. The lowest BCUT2D eigenvalue weighted by molar-refractivity contribution is -0.118. The molecular formula is C17H23N3O2S2. The number of amides is 1. The number of nitrogens with one attached hydrogen (secondary N) is 1. The molecule has 0 bridgehead atoms. The monoisotopic (exact) mass is 365 g/mol. The number of carbonyl (C=O) groups is 1. The fraction of sp³-hybridized carbons (Fsp3) is 0.529. The van der Waals surface area contributed by atoms with Gasteiger partial charge in [-0.05, 0) is 38.1 Å². The molecule has 1 unspecified atom stereocenters. The highest BCUT2D eigenvalue weighted by Crippen LogP contribution is 2.24. The fourth-order valence-electron chi connectivity index (χ4n) is 2.72. The van der Waals surface area contributed by atoms with Crippen LogP contribution in [0.4, 0.5) is 0 Å². The van der Waals surface area contributed by atoms with Gasteiger partial charge < -0.3 is 14.6 Å². The number of aromatic nitrogens is 2. The van der Waals surface area contributed by atoms with Crippen molar-refractivity contribution in [3.8, 4) is 0 Å². The van der Waals surface area contributed by atoms with Crippen LogP contribution in [0.2, 0.25) is 0 Å². The first kappa shape index (κ1) is 17.5. The average molecular weight is 366 g/mol. The van der Waals surface area contributed by atoms with Gasteiger partial charge in [0.1, 0.15) is 0 Å². The lowest BCUT2D eigenvalue weighted by Gasteiger charge is -2.14. The highest BCUT2D eigenvalue weighted by atomic mass is 32.2. The Morgan fingerprint density at radius 1 is 1.54 bits per heavy atom. The molecule has 1 atom stereocenters. The van der Waals surface area contributed by atoms with Gasteiger partial charge in [-0.3, -0.25) is 4.79 Å². The van der Waals surface area contributed by atoms with Gasteiger partial charge in [0.15, 0.2) is 5.16 Å². The van der Waals surface area contributed by atoms with Crippen LogP contribution in [0, 0.1) is 13.8 Å². The molecule has 1 aliphatic rings. The van der Waals surface area contributed by atoms with Gasteiger partial charge >= 0.3 is 0 Å². The summed E-state index contributed by atoms with van der Waals surface area (Å²) in [6, 6.07) is 4.02. The van der Waals surface area contributed by atoms with Crippen molar-refractivity contribution in [2.24, 2.45) is 0 Å². The molecule has 2 aromatic heterocycles. The summed E-state index contributed by atoms with van der Waals surface area (Å²) in [4.78, 5) is 17.9. The number of imidazole rings is 1. The largest absolute Gasteiger partial charge is 0.376 e. The van der Waals surface area contributed by atoms with E-state index >= 15 is 0 Å². The summed E-state index contributed by atoms with van der Waals surface area (Å²) >= 11 is 3.15. The average Bonchev–Trinajstić information content (AvgIpc) is 3.30. The first-order valence-corrected chi connectivity index (χ1v) is 10.1. The van der Waals surface area contributed by atoms with Gasteiger partial charge in [0.25, 0.3) is 0 Å². The van der Waals surface area contributed by atoms with Crippen LogP contribution in [0.15, 0.2) is 22.7 Å². The molecule has 1 fully saturated rings. The molecule has 1 aliphatic heterocycles. The Labute approximate surface area is 150 Å². The van der Waals surface area contributed by atoms with Crippen molar-refractivity contribution in [1.82, 2.24) is 14.9 Å². The molecule has 5 nitrogen and oxygen atoms in total. The second-order valence-corrected chi connectivity index (χ2v) is 7.93. The number of thioether (sulfide) groups is 1. The van der Waals surface area contributed by atoms with E-state index in [0.29, 0.717) is 12.3 Å². The number of hydrogen-bond acceptors (Lipinski definition) is 5. The second kappa shape index (κ2) is 8.18. The van der Waals surface area contributed by atoms with Crippen LogP contribution in [-0.4, -0.2) is 33.9 Å². The first-order valence-electron chi connectivity index (χ1n) is 8.20. The molecule has 24 heavy (non-hydrogen) atoms. The van der Waals surface area contributed by atoms with Crippen LogP contribution in [0.25, 0.3) is 0 Å². The normalized spacial score (nSPS) is 17.3. The number of nitrogens with zero attached hydrogens (tertiary/aromatic N) is 2. The number of aryl methyl sites for hydroxylation is 1. The molecule has 0 spiro atoms. The summed E-state index contributed by atoms with van der Waals surface area (Å²) in [6.45, 7) is 6.37. The van der Waals surface area contributed by atoms with Crippen LogP contribution < -0.4 is 5.32 Å². The van der Waals surface area contributed by atoms with Crippen molar-refractivity contribution in [2.45, 2.75) is 51.0 Å². The molecule has 130 valence electrons. The van der Waals surface area contributed by atoms with Crippen LogP contribution in [0.1, 0.15) is 29.1 Å². The third-order valence-corrected chi connectivity index (χ3v) is 6.06. The Balaban J connectivity index is 1.55. The third kappa shape index (κ3) is 4.40. The van der Waals surface area contributed by atoms with E-state index in [2.05, 4.69) is 21.8 Å². The van der Waals surface area contributed by atoms with E-state index in [1.165, 1.54) is 16.6 Å². The maximum absolute atomic E-state index is 12.1. The molecule has 0 radical (unpaired) electrons. The third-order valence-electron chi connectivity index (χ3n) is 4.21. The van der Waals surface area contributed by atoms with Crippen molar-refractivity contribution in [1.29, 1.82) is 0 Å². The van der Waals surface area contributed by atoms with Crippen LogP contribution in [0.3, 0.4) is 0 Å². The number of thiophene rings is 1. The molecular weight excluding hydrogens is 342 g/mol. The molecule has 1 saturated heterocycles. The maximum atomic E-state index is 12.1. The topological polar surface area (TPSA) is 56.2 Å². The molecule has 1 N–H and O–H groups in total. The van der Waals surface area contributed by atoms with E-state index in [9.17, 15) is 4.79 Å². The number of ether oxygens (including phenoxy) is 1. The predicted octanol–water partition coefficient (Wildman–Crippen LogP) is 3.15. The van der Waals surface area contributed by atoms with E-state index in [4.69, 9.17) is 4.74 Å². The smallest absolute Gasteiger partial charge is 0.230 e. The summed E-state index contributed by atoms with van der Waals surface area (Å²) in [7, 11) is 0. The zero-order valence-corrected chi connectivity index (χ0v) is 15.7. The SMILES string of the molecule is Cc1nc(SCC(=O)NCc2cccs2)n(CC2CCCO2)c1C. The number of rotatable bonds is 7. The van der Waals surface area contributed by atoms with Crippen molar-refractivity contribution in [3.05, 3.63) is 33.8 Å². The Morgan fingerprint density at radius 2 is 2.42 bits per heavy atom. The lowest BCUT2D eigenvalue weighted by Crippen LogP contribution is -2.24. The van der Waals surface area contributed by atoms with E-state index in [1.807, 2.05) is 24.4 Å². The Kier molecular flexibility index (Phi) is 5.97. The molecule has 1 amide bonds. The molecule has 3 rings (SSSR count). The van der Waals surface area contributed by atoms with Gasteiger partial charge in [-0.25, -0.2) is 4.98 Å². The maximum Gasteiger partial charge on any atom is 0.230 e. The molecule has 0 aromatic carbocycles. The summed E-state index contributed by atoms with van der Waals surface area (Å²) in [5, 5.41) is 5.88. The fourth-order valence-corrected chi connectivity index (χ4v) is 4.30. The van der Waals surface area contributed by atoms with Crippen molar-refractivity contribution >= 4 is 29.0 Å². The molecule has 2 aromatic rings. The van der Waals surface area contributed by atoms with Gasteiger partial charge in [0, 0.05) is 17.2 Å². The number of carbonyl (C=O) groups excluding carboxylic acids is 1. The van der Waals surface area contributed by atoms with Crippen molar-refractivity contribution in [3.63, 3.8) is 0 Å². The second-order valence-electron chi connectivity index (χ2n) is 5.96. The molecule has 0 aliphatic carbocycles. The number of hydrogen-bond donors (Lipinski definition) is 1. The van der Waals surface area contributed by atoms with E-state index in [1.54, 1.807) is 11.3 Å². The first-order chi connectivity index (χ1) is 11.6. The Bertz CT molecular complexity index is 676.